The minimum absolute atomic E-state index is 0.0878. The Hall–Kier alpha value is -2.51. The predicted molar refractivity (Wildman–Crippen MR) is 110 cm³/mol. The van der Waals surface area contributed by atoms with E-state index >= 15 is 0 Å². The van der Waals surface area contributed by atoms with Gasteiger partial charge in [-0.15, -0.1) is 11.6 Å². The van der Waals surface area contributed by atoms with Gasteiger partial charge in [0, 0.05) is 44.0 Å². The van der Waals surface area contributed by atoms with Crippen LogP contribution in [0.5, 0.6) is 5.75 Å². The molecule has 3 heterocycles. The van der Waals surface area contributed by atoms with Gasteiger partial charge in [-0.1, -0.05) is 0 Å². The maximum absolute atomic E-state index is 12.4. The number of fused-ring (bicyclic) bond motifs is 6. The van der Waals surface area contributed by atoms with Crippen molar-refractivity contribution in [3.8, 4) is 17.0 Å². The van der Waals surface area contributed by atoms with Crippen molar-refractivity contribution in [2.75, 3.05) is 25.3 Å². The van der Waals surface area contributed by atoms with Gasteiger partial charge in [0.2, 0.25) is 0 Å². The number of alkyl halides is 1. The molecule has 2 aliphatic heterocycles. The van der Waals surface area contributed by atoms with Gasteiger partial charge in [0.15, 0.2) is 5.43 Å². The monoisotopic (exact) mass is 418 g/mol. The molecule has 3 unspecified atom stereocenters. The number of pyridine rings is 1. The van der Waals surface area contributed by atoms with Gasteiger partial charge < -0.3 is 19.6 Å². The van der Waals surface area contributed by atoms with Crippen LogP contribution in [0.25, 0.3) is 11.3 Å². The summed E-state index contributed by atoms with van der Waals surface area (Å²) in [6, 6.07) is 7.10. The van der Waals surface area contributed by atoms with Gasteiger partial charge in [-0.3, -0.25) is 9.47 Å². The molecule has 0 amide bonds. The van der Waals surface area contributed by atoms with E-state index < -0.39 is 11.4 Å². The highest BCUT2D eigenvalue weighted by Crippen LogP contribution is 2.47. The van der Waals surface area contributed by atoms with Crippen molar-refractivity contribution in [2.24, 2.45) is 0 Å². The molecule has 2 aliphatic rings. The van der Waals surface area contributed by atoms with Crippen molar-refractivity contribution < 1.29 is 19.4 Å². The van der Waals surface area contributed by atoms with Crippen molar-refractivity contribution in [1.82, 2.24) is 4.68 Å². The van der Waals surface area contributed by atoms with Crippen LogP contribution < -0.4 is 15.2 Å². The number of ether oxygens (including phenoxy) is 2. The Kier molecular flexibility index (Phi) is 5.27. The Morgan fingerprint density at radius 1 is 1.31 bits per heavy atom. The number of halogens is 1. The molecule has 0 spiro atoms. The van der Waals surface area contributed by atoms with E-state index in [9.17, 15) is 14.7 Å². The molecule has 1 saturated heterocycles. The van der Waals surface area contributed by atoms with Crippen LogP contribution in [-0.4, -0.2) is 47.5 Å². The number of aromatic nitrogens is 1. The smallest absolute Gasteiger partial charge is 0.341 e. The molecule has 1 aromatic carbocycles. The van der Waals surface area contributed by atoms with E-state index in [0.29, 0.717) is 18.9 Å². The van der Waals surface area contributed by atoms with Gasteiger partial charge in [0.1, 0.15) is 11.3 Å². The third-order valence-electron chi connectivity index (χ3n) is 5.54. The molecule has 1 N–H and O–H groups in total. The zero-order valence-corrected chi connectivity index (χ0v) is 17.1. The van der Waals surface area contributed by atoms with Gasteiger partial charge in [-0.2, -0.15) is 0 Å². The number of carboxylic acids is 1. The minimum Gasteiger partial charge on any atom is -0.493 e. The Labute approximate surface area is 173 Å². The fraction of sp³-hybridized carbons (Fsp3) is 0.429. The van der Waals surface area contributed by atoms with Crippen LogP contribution in [-0.2, 0) is 4.74 Å². The highest BCUT2D eigenvalue weighted by molar-refractivity contribution is 6.21. The molecule has 1 aromatic heterocycles. The van der Waals surface area contributed by atoms with Crippen LogP contribution in [0.2, 0.25) is 0 Å². The van der Waals surface area contributed by atoms with Crippen molar-refractivity contribution in [2.45, 2.75) is 37.2 Å². The summed E-state index contributed by atoms with van der Waals surface area (Å²) >= 11 is 6.72. The van der Waals surface area contributed by atoms with Crippen LogP contribution in [0.4, 0.5) is 0 Å². The summed E-state index contributed by atoms with van der Waals surface area (Å²) in [5.41, 5.74) is 1.75. The van der Waals surface area contributed by atoms with Gasteiger partial charge in [0.25, 0.3) is 0 Å². The second kappa shape index (κ2) is 7.72. The number of benzene rings is 1. The van der Waals surface area contributed by atoms with Gasteiger partial charge >= 0.3 is 5.97 Å². The molecule has 0 saturated carbocycles. The van der Waals surface area contributed by atoms with Crippen LogP contribution in [0.1, 0.15) is 41.7 Å². The first-order valence-corrected chi connectivity index (χ1v) is 10.0. The van der Waals surface area contributed by atoms with E-state index in [1.807, 2.05) is 25.1 Å². The van der Waals surface area contributed by atoms with Crippen molar-refractivity contribution in [1.29, 1.82) is 0 Å². The maximum Gasteiger partial charge on any atom is 0.341 e. The van der Waals surface area contributed by atoms with Crippen LogP contribution in [0, 0.1) is 0 Å². The summed E-state index contributed by atoms with van der Waals surface area (Å²) in [6.07, 6.45) is 2.95. The van der Waals surface area contributed by atoms with Crippen molar-refractivity contribution in [3.05, 3.63) is 51.8 Å². The Bertz CT molecular complexity index is 1010. The second-order valence-electron chi connectivity index (χ2n) is 7.46. The summed E-state index contributed by atoms with van der Waals surface area (Å²) in [7, 11) is 1.66. The Balaban J connectivity index is 1.82. The van der Waals surface area contributed by atoms with E-state index in [0.717, 1.165) is 29.7 Å². The first-order valence-electron chi connectivity index (χ1n) is 9.61. The summed E-state index contributed by atoms with van der Waals surface area (Å²) in [6.45, 7) is 3.22. The lowest BCUT2D eigenvalue weighted by Gasteiger charge is -2.40. The molecule has 2 aromatic rings. The van der Waals surface area contributed by atoms with Gasteiger partial charge in [-0.25, -0.2) is 4.79 Å². The van der Waals surface area contributed by atoms with E-state index in [1.54, 1.807) is 11.8 Å². The van der Waals surface area contributed by atoms with Crippen LogP contribution in [0.15, 0.2) is 35.3 Å². The van der Waals surface area contributed by atoms with E-state index in [2.05, 4.69) is 5.01 Å². The maximum atomic E-state index is 12.4. The molecule has 154 valence electrons. The molecule has 0 aliphatic carbocycles. The molecule has 29 heavy (non-hydrogen) atoms. The van der Waals surface area contributed by atoms with Crippen LogP contribution in [0.3, 0.4) is 0 Å². The quantitative estimate of drug-likeness (QED) is 0.573. The fourth-order valence-electron chi connectivity index (χ4n) is 4.26. The molecular weight excluding hydrogens is 396 g/mol. The van der Waals surface area contributed by atoms with Crippen molar-refractivity contribution >= 4 is 17.6 Å². The SMILES string of the molecule is COCCCOc1ccc2c(c1)C1C(Cl)CC(C)N1n1cc(C(=O)O)c(=O)cc1-2. The zero-order valence-electron chi connectivity index (χ0n) is 16.3. The van der Waals surface area contributed by atoms with E-state index in [-0.39, 0.29) is 23.0 Å². The third-order valence-corrected chi connectivity index (χ3v) is 5.95. The Morgan fingerprint density at radius 3 is 2.83 bits per heavy atom. The second-order valence-corrected chi connectivity index (χ2v) is 8.02. The Morgan fingerprint density at radius 2 is 2.10 bits per heavy atom. The molecule has 0 bridgehead atoms. The highest BCUT2D eigenvalue weighted by atomic mass is 35.5. The average Bonchev–Trinajstić information content (AvgIpc) is 2.99. The summed E-state index contributed by atoms with van der Waals surface area (Å²) in [5.74, 6) is -0.497. The number of methoxy groups -OCH3 is 1. The van der Waals surface area contributed by atoms with Crippen molar-refractivity contribution in [3.63, 3.8) is 0 Å². The lowest BCUT2D eigenvalue weighted by molar-refractivity contribution is 0.0694. The highest BCUT2D eigenvalue weighted by Gasteiger charge is 2.44. The molecule has 1 fully saturated rings. The van der Waals surface area contributed by atoms with E-state index in [4.69, 9.17) is 21.1 Å². The molecule has 8 heteroatoms. The van der Waals surface area contributed by atoms with Gasteiger partial charge in [0.05, 0.1) is 23.7 Å². The molecule has 0 radical (unpaired) electrons. The minimum atomic E-state index is -1.23. The molecular formula is C21H23ClN2O5. The molecule has 3 atom stereocenters. The number of rotatable bonds is 6. The standard InChI is InChI=1S/C21H23ClN2O5/c1-12-8-17(22)20-15-9-13(29-7-3-6-28-2)4-5-14(15)18-10-19(25)16(21(26)27)11-23(18)24(12)20/h4-5,9-12,17,20H,3,6-8H2,1-2H3,(H,26,27). The number of aromatic carboxylic acids is 1. The first kappa shape index (κ1) is 19.8. The number of hydrogen-bond donors (Lipinski definition) is 1. The lowest BCUT2D eigenvalue weighted by Crippen LogP contribution is -2.44. The summed E-state index contributed by atoms with van der Waals surface area (Å²) in [5, 5.41) is 11.3. The molecule has 7 nitrogen and oxygen atoms in total. The lowest BCUT2D eigenvalue weighted by atomic mass is 9.93. The predicted octanol–water partition coefficient (Wildman–Crippen LogP) is 3.02. The van der Waals surface area contributed by atoms with Crippen LogP contribution >= 0.6 is 11.6 Å². The molecule has 4 rings (SSSR count). The first-order chi connectivity index (χ1) is 13.9. The number of nitrogens with zero attached hydrogens (tertiary/aromatic N) is 2. The zero-order chi connectivity index (χ0) is 20.7. The van der Waals surface area contributed by atoms with E-state index in [1.165, 1.54) is 12.3 Å². The number of carboxylic acid groups (broad SMARTS) is 1. The largest absolute Gasteiger partial charge is 0.493 e. The van der Waals surface area contributed by atoms with Gasteiger partial charge in [-0.05, 0) is 37.1 Å². The summed E-state index contributed by atoms with van der Waals surface area (Å²) < 4.78 is 12.7. The fourth-order valence-corrected chi connectivity index (χ4v) is 4.77. The topological polar surface area (TPSA) is 81.0 Å². The normalized spacial score (nSPS) is 22.0. The number of carbonyl (C=O) groups is 1. The average molecular weight is 419 g/mol. The number of hydrogen-bond acceptors (Lipinski definition) is 5. The third kappa shape index (κ3) is 3.38. The summed E-state index contributed by atoms with van der Waals surface area (Å²) in [4.78, 5) is 23.9.